The van der Waals surface area contributed by atoms with Crippen molar-refractivity contribution in [2.45, 2.75) is 18.1 Å². The summed E-state index contributed by atoms with van der Waals surface area (Å²) in [5.41, 5.74) is 2.50. The van der Waals surface area contributed by atoms with Crippen molar-refractivity contribution < 1.29 is 4.74 Å². The first kappa shape index (κ1) is 12.2. The molecule has 0 radical (unpaired) electrons. The zero-order valence-corrected chi connectivity index (χ0v) is 11.4. The average molecular weight is 266 g/mol. The molecule has 0 amide bonds. The third-order valence-corrected chi connectivity index (χ3v) is 3.94. The van der Waals surface area contributed by atoms with Crippen LogP contribution < -0.4 is 10.2 Å². The van der Waals surface area contributed by atoms with Gasteiger partial charge in [-0.3, -0.25) is 0 Å². The SMILES string of the molecule is CSc1nc2c(c(N3CCOCC3)n1)CCNC2. The predicted molar refractivity (Wildman–Crippen MR) is 72.3 cm³/mol. The van der Waals surface area contributed by atoms with E-state index in [-0.39, 0.29) is 0 Å². The Morgan fingerprint density at radius 1 is 1.28 bits per heavy atom. The molecule has 1 fully saturated rings. The summed E-state index contributed by atoms with van der Waals surface area (Å²) in [6.45, 7) is 5.35. The smallest absolute Gasteiger partial charge is 0.189 e. The molecule has 0 aliphatic carbocycles. The van der Waals surface area contributed by atoms with E-state index in [2.05, 4.69) is 15.2 Å². The lowest BCUT2D eigenvalue weighted by molar-refractivity contribution is 0.122. The minimum absolute atomic E-state index is 0.797. The van der Waals surface area contributed by atoms with Gasteiger partial charge in [0.1, 0.15) is 5.82 Å². The molecule has 5 nitrogen and oxygen atoms in total. The third kappa shape index (κ3) is 2.32. The van der Waals surface area contributed by atoms with Gasteiger partial charge in [-0.25, -0.2) is 9.97 Å². The fraction of sp³-hybridized carbons (Fsp3) is 0.667. The van der Waals surface area contributed by atoms with Crippen molar-refractivity contribution in [1.29, 1.82) is 0 Å². The normalized spacial score (nSPS) is 19.7. The molecule has 1 aromatic rings. The highest BCUT2D eigenvalue weighted by Crippen LogP contribution is 2.26. The van der Waals surface area contributed by atoms with Gasteiger partial charge < -0.3 is 15.0 Å². The van der Waals surface area contributed by atoms with Crippen molar-refractivity contribution >= 4 is 17.6 Å². The summed E-state index contributed by atoms with van der Waals surface area (Å²) >= 11 is 1.61. The summed E-state index contributed by atoms with van der Waals surface area (Å²) in [4.78, 5) is 11.7. The van der Waals surface area contributed by atoms with Gasteiger partial charge in [0.05, 0.1) is 18.9 Å². The van der Waals surface area contributed by atoms with Gasteiger partial charge in [0.25, 0.3) is 0 Å². The number of rotatable bonds is 2. The molecule has 0 unspecified atom stereocenters. The molecule has 0 aromatic carbocycles. The molecular weight excluding hydrogens is 248 g/mol. The van der Waals surface area contributed by atoms with Crippen LogP contribution in [0.4, 0.5) is 5.82 Å². The van der Waals surface area contributed by atoms with Gasteiger partial charge in [-0.05, 0) is 19.2 Å². The summed E-state index contributed by atoms with van der Waals surface area (Å²) in [5, 5.41) is 4.25. The fourth-order valence-electron chi connectivity index (χ4n) is 2.45. The predicted octanol–water partition coefficient (Wildman–Crippen LogP) is 0.681. The molecule has 2 aliphatic heterocycles. The molecule has 0 atom stereocenters. The first-order valence-electron chi connectivity index (χ1n) is 6.35. The van der Waals surface area contributed by atoms with E-state index >= 15 is 0 Å². The first-order valence-corrected chi connectivity index (χ1v) is 7.58. The van der Waals surface area contributed by atoms with Crippen molar-refractivity contribution in [1.82, 2.24) is 15.3 Å². The standard InChI is InChI=1S/C12H18N4OS/c1-18-12-14-10-8-13-3-2-9(10)11(15-12)16-4-6-17-7-5-16/h13H,2-8H2,1H3. The second-order valence-electron chi connectivity index (χ2n) is 4.49. The Morgan fingerprint density at radius 3 is 2.89 bits per heavy atom. The third-order valence-electron chi connectivity index (χ3n) is 3.39. The monoisotopic (exact) mass is 266 g/mol. The highest BCUT2D eigenvalue weighted by molar-refractivity contribution is 7.98. The second-order valence-corrected chi connectivity index (χ2v) is 5.26. The summed E-state index contributed by atoms with van der Waals surface area (Å²) in [5.74, 6) is 1.13. The Bertz CT molecular complexity index is 434. The number of ether oxygens (including phenoxy) is 1. The van der Waals surface area contributed by atoms with Crippen LogP contribution in [0.15, 0.2) is 5.16 Å². The van der Waals surface area contributed by atoms with Crippen molar-refractivity contribution in [3.63, 3.8) is 0 Å². The van der Waals surface area contributed by atoms with E-state index in [4.69, 9.17) is 9.72 Å². The topological polar surface area (TPSA) is 50.3 Å². The lowest BCUT2D eigenvalue weighted by Crippen LogP contribution is -2.39. The van der Waals surface area contributed by atoms with Crippen LogP contribution in [0, 0.1) is 0 Å². The summed E-state index contributed by atoms with van der Waals surface area (Å²) in [6, 6.07) is 0. The largest absolute Gasteiger partial charge is 0.378 e. The molecular formula is C12H18N4OS. The van der Waals surface area contributed by atoms with E-state index in [1.54, 1.807) is 11.8 Å². The number of thioether (sulfide) groups is 1. The van der Waals surface area contributed by atoms with Gasteiger partial charge >= 0.3 is 0 Å². The van der Waals surface area contributed by atoms with E-state index < -0.39 is 0 Å². The molecule has 1 saturated heterocycles. The molecule has 98 valence electrons. The van der Waals surface area contributed by atoms with E-state index in [1.165, 1.54) is 11.3 Å². The highest BCUT2D eigenvalue weighted by atomic mass is 32.2. The lowest BCUT2D eigenvalue weighted by Gasteiger charge is -2.31. The molecule has 6 heteroatoms. The van der Waals surface area contributed by atoms with Crippen LogP contribution in [-0.2, 0) is 17.7 Å². The minimum Gasteiger partial charge on any atom is -0.378 e. The maximum Gasteiger partial charge on any atom is 0.189 e. The van der Waals surface area contributed by atoms with Crippen LogP contribution in [0.5, 0.6) is 0 Å². The number of nitrogens with zero attached hydrogens (tertiary/aromatic N) is 3. The number of aromatic nitrogens is 2. The second kappa shape index (κ2) is 5.42. The molecule has 0 bridgehead atoms. The van der Waals surface area contributed by atoms with Crippen LogP contribution in [0.3, 0.4) is 0 Å². The van der Waals surface area contributed by atoms with E-state index in [1.807, 2.05) is 6.26 Å². The fourth-order valence-corrected chi connectivity index (χ4v) is 2.82. The van der Waals surface area contributed by atoms with Gasteiger partial charge in [0, 0.05) is 25.2 Å². The Morgan fingerprint density at radius 2 is 2.11 bits per heavy atom. The van der Waals surface area contributed by atoms with Crippen molar-refractivity contribution in [2.75, 3.05) is 44.0 Å². The molecule has 1 aromatic heterocycles. The molecule has 1 N–H and O–H groups in total. The Kier molecular flexibility index (Phi) is 3.67. The number of anilines is 1. The van der Waals surface area contributed by atoms with E-state index in [9.17, 15) is 0 Å². The highest BCUT2D eigenvalue weighted by Gasteiger charge is 2.22. The molecule has 3 rings (SSSR count). The van der Waals surface area contributed by atoms with Crippen LogP contribution in [0.1, 0.15) is 11.3 Å². The maximum atomic E-state index is 5.42. The zero-order valence-electron chi connectivity index (χ0n) is 10.6. The van der Waals surface area contributed by atoms with Gasteiger partial charge in [0.15, 0.2) is 5.16 Å². The van der Waals surface area contributed by atoms with E-state index in [0.717, 1.165) is 56.8 Å². The maximum absolute atomic E-state index is 5.42. The summed E-state index contributed by atoms with van der Waals surface area (Å²) < 4.78 is 5.42. The number of nitrogens with one attached hydrogen (secondary N) is 1. The van der Waals surface area contributed by atoms with Crippen molar-refractivity contribution in [3.05, 3.63) is 11.3 Å². The average Bonchev–Trinajstić information content (AvgIpc) is 2.47. The Balaban J connectivity index is 1.99. The number of morpholine rings is 1. The summed E-state index contributed by atoms with van der Waals surface area (Å²) in [7, 11) is 0. The van der Waals surface area contributed by atoms with Gasteiger partial charge in [0.2, 0.25) is 0 Å². The van der Waals surface area contributed by atoms with Gasteiger partial charge in [-0.15, -0.1) is 0 Å². The quantitative estimate of drug-likeness (QED) is 0.627. The Hall–Kier alpha value is -0.850. The van der Waals surface area contributed by atoms with Crippen LogP contribution >= 0.6 is 11.8 Å². The van der Waals surface area contributed by atoms with Gasteiger partial charge in [-0.2, -0.15) is 0 Å². The van der Waals surface area contributed by atoms with Crippen LogP contribution in [0.2, 0.25) is 0 Å². The lowest BCUT2D eigenvalue weighted by atomic mass is 10.1. The molecule has 3 heterocycles. The van der Waals surface area contributed by atoms with Gasteiger partial charge in [-0.1, -0.05) is 11.8 Å². The van der Waals surface area contributed by atoms with Crippen LogP contribution in [-0.4, -0.2) is 49.1 Å². The molecule has 18 heavy (non-hydrogen) atoms. The molecule has 2 aliphatic rings. The summed E-state index contributed by atoms with van der Waals surface area (Å²) in [6.07, 6.45) is 3.05. The Labute approximate surface area is 111 Å². The first-order chi connectivity index (χ1) is 8.88. The van der Waals surface area contributed by atoms with Crippen molar-refractivity contribution in [2.24, 2.45) is 0 Å². The van der Waals surface area contributed by atoms with Crippen molar-refractivity contribution in [3.8, 4) is 0 Å². The molecule has 0 spiro atoms. The molecule has 0 saturated carbocycles. The number of fused-ring (bicyclic) bond motifs is 1. The number of hydrogen-bond acceptors (Lipinski definition) is 6. The van der Waals surface area contributed by atoms with E-state index in [0.29, 0.717) is 0 Å². The van der Waals surface area contributed by atoms with Crippen LogP contribution in [0.25, 0.3) is 0 Å². The minimum atomic E-state index is 0.797. The number of hydrogen-bond donors (Lipinski definition) is 1. The zero-order chi connectivity index (χ0) is 12.4.